The maximum absolute atomic E-state index is 13.7. The second-order valence-corrected chi connectivity index (χ2v) is 20.6. The van der Waals surface area contributed by atoms with Crippen LogP contribution >= 0.6 is 22.6 Å². The molecule has 0 amide bonds. The fourth-order valence-corrected chi connectivity index (χ4v) is 9.54. The third-order valence-corrected chi connectivity index (χ3v) is 14.4. The molecule has 6 nitrogen and oxygen atoms in total. The molecule has 0 fully saturated rings. The maximum atomic E-state index is 13.7. The van der Waals surface area contributed by atoms with E-state index in [-0.39, 0.29) is 12.8 Å². The van der Waals surface area contributed by atoms with Crippen molar-refractivity contribution in [1.29, 1.82) is 0 Å². The molecular weight excluding hydrogens is 884 g/mol. The zero-order chi connectivity index (χ0) is 45.8. The Bertz CT molecular complexity index is 1050. The molecule has 62 heavy (non-hydrogen) atoms. The molecule has 0 aliphatic rings. The van der Waals surface area contributed by atoms with Gasteiger partial charge in [0.25, 0.3) is 0 Å². The van der Waals surface area contributed by atoms with Crippen LogP contribution in [0, 0.1) is 0 Å². The average Bonchev–Trinajstić information content (AvgIpc) is 3.27. The topological polar surface area (TPSA) is 112 Å². The first kappa shape index (κ1) is 61.4. The Morgan fingerprint density at radius 3 is 1.06 bits per heavy atom. The molecule has 0 bridgehead atoms. The lowest BCUT2D eigenvalue weighted by Crippen LogP contribution is -2.64. The summed E-state index contributed by atoms with van der Waals surface area (Å²) in [6.07, 6.45) is 47.6. The summed E-state index contributed by atoms with van der Waals surface area (Å²) in [7, 11) is 0. The minimum absolute atomic E-state index is 0.00977. The van der Waals surface area contributed by atoms with Crippen LogP contribution in [0.25, 0.3) is 0 Å². The smallest absolute Gasteiger partial charge is 0.189 e. The van der Waals surface area contributed by atoms with Gasteiger partial charge in [-0.3, -0.25) is 14.4 Å². The quantitative estimate of drug-likeness (QED) is 0.0242. The normalized spacial score (nSPS) is 14.3. The van der Waals surface area contributed by atoms with Gasteiger partial charge in [0.1, 0.15) is 0 Å². The second kappa shape index (κ2) is 45.5. The SMILES string of the molecule is CCCCCCCCC=CCCCCCCCC(=O)C(O)(C(O)C(=O)CCCCCCCCCCCCCCCCC)C(O)C(=O)C(I)CCCCCCCCCCCCCC. The number of halogens is 1. The molecular formula is C55H103IO6. The first-order chi connectivity index (χ1) is 30.2. The van der Waals surface area contributed by atoms with Crippen LogP contribution in [-0.4, -0.2) is 54.4 Å². The van der Waals surface area contributed by atoms with Crippen molar-refractivity contribution in [2.24, 2.45) is 0 Å². The number of aliphatic hydroxyl groups excluding tert-OH is 2. The summed E-state index contributed by atoms with van der Waals surface area (Å²) < 4.78 is -0.622. The number of unbranched alkanes of at least 4 members (excludes halogenated alkanes) is 36. The molecule has 0 aliphatic heterocycles. The van der Waals surface area contributed by atoms with Crippen molar-refractivity contribution < 1.29 is 29.7 Å². The van der Waals surface area contributed by atoms with Crippen molar-refractivity contribution in [2.75, 3.05) is 0 Å². The molecule has 3 N–H and O–H groups in total. The average molecular weight is 987 g/mol. The largest absolute Gasteiger partial charge is 0.382 e. The van der Waals surface area contributed by atoms with Crippen molar-refractivity contribution in [3.63, 3.8) is 0 Å². The fraction of sp³-hybridized carbons (Fsp3) is 0.909. The molecule has 0 aromatic rings. The van der Waals surface area contributed by atoms with Gasteiger partial charge in [0.15, 0.2) is 35.2 Å². The molecule has 7 heteroatoms. The van der Waals surface area contributed by atoms with Crippen LogP contribution in [0.1, 0.15) is 297 Å². The number of carbonyl (C=O) groups excluding carboxylic acids is 3. The number of rotatable bonds is 50. The van der Waals surface area contributed by atoms with Crippen molar-refractivity contribution >= 4 is 39.9 Å². The van der Waals surface area contributed by atoms with Crippen LogP contribution in [0.2, 0.25) is 0 Å². The monoisotopic (exact) mass is 987 g/mol. The van der Waals surface area contributed by atoms with Crippen molar-refractivity contribution in [3.8, 4) is 0 Å². The summed E-state index contributed by atoms with van der Waals surface area (Å²) >= 11 is 2.00. The number of ketones is 3. The van der Waals surface area contributed by atoms with Gasteiger partial charge in [0, 0.05) is 12.8 Å². The van der Waals surface area contributed by atoms with E-state index in [1.54, 1.807) is 0 Å². The van der Waals surface area contributed by atoms with Gasteiger partial charge in [-0.05, 0) is 44.9 Å². The highest BCUT2D eigenvalue weighted by molar-refractivity contribution is 14.1. The van der Waals surface area contributed by atoms with E-state index in [0.29, 0.717) is 19.3 Å². The Labute approximate surface area is 398 Å². The van der Waals surface area contributed by atoms with Crippen LogP contribution < -0.4 is 0 Å². The van der Waals surface area contributed by atoms with Gasteiger partial charge >= 0.3 is 0 Å². The summed E-state index contributed by atoms with van der Waals surface area (Å²) in [5, 5.41) is 34.5. The van der Waals surface area contributed by atoms with Crippen LogP contribution in [-0.2, 0) is 14.4 Å². The Hall–Kier alpha value is -0.640. The summed E-state index contributed by atoms with van der Waals surface area (Å²) in [6, 6.07) is 0. The second-order valence-electron chi connectivity index (χ2n) is 19.1. The molecule has 0 rings (SSSR count). The van der Waals surface area contributed by atoms with Crippen molar-refractivity contribution in [1.82, 2.24) is 0 Å². The van der Waals surface area contributed by atoms with E-state index in [1.165, 1.54) is 167 Å². The summed E-state index contributed by atoms with van der Waals surface area (Å²) in [4.78, 5) is 40.6. The first-order valence-electron chi connectivity index (χ1n) is 27.2. The van der Waals surface area contributed by atoms with Crippen LogP contribution in [0.5, 0.6) is 0 Å². The van der Waals surface area contributed by atoms with E-state index < -0.39 is 39.1 Å². The number of alkyl halides is 1. The molecule has 0 saturated heterocycles. The van der Waals surface area contributed by atoms with Crippen molar-refractivity contribution in [2.45, 2.75) is 319 Å². The predicted octanol–water partition coefficient (Wildman–Crippen LogP) is 16.3. The zero-order valence-electron chi connectivity index (χ0n) is 41.2. The van der Waals surface area contributed by atoms with Crippen LogP contribution in [0.4, 0.5) is 0 Å². The number of Topliss-reactive ketones (excluding diaryl/α,β-unsaturated/α-hetero) is 3. The summed E-state index contributed by atoms with van der Waals surface area (Å²) in [5.41, 5.74) is -2.83. The van der Waals surface area contributed by atoms with E-state index in [4.69, 9.17) is 0 Å². The standard InChI is InChI=1S/C55H103IO6/c1-4-7-10-13-16-19-22-25-27-29-32-35-38-41-44-47-50(57)53(60)55(62,51(58)48-45-42-39-36-33-30-28-26-23-20-17-14-11-8-5-2)54(61)52(59)49(56)46-43-40-37-34-31-24-21-18-15-12-9-6-3/h26,28,49,53-54,60-62H,4-25,27,29-48H2,1-3H3. The molecule has 4 unspecified atom stereocenters. The fourth-order valence-electron chi connectivity index (χ4n) is 8.76. The molecule has 0 aliphatic carbocycles. The van der Waals surface area contributed by atoms with E-state index >= 15 is 0 Å². The molecule has 366 valence electrons. The van der Waals surface area contributed by atoms with Crippen LogP contribution in [0.3, 0.4) is 0 Å². The highest BCUT2D eigenvalue weighted by Gasteiger charge is 2.54. The third-order valence-electron chi connectivity index (χ3n) is 13.2. The highest BCUT2D eigenvalue weighted by Crippen LogP contribution is 2.28. The molecule has 4 atom stereocenters. The Kier molecular flexibility index (Phi) is 45.0. The van der Waals surface area contributed by atoms with Gasteiger partial charge in [0.2, 0.25) is 0 Å². The molecule has 0 aromatic carbocycles. The number of aliphatic hydroxyl groups is 3. The first-order valence-corrected chi connectivity index (χ1v) is 28.4. The lowest BCUT2D eigenvalue weighted by atomic mass is 9.78. The maximum Gasteiger partial charge on any atom is 0.189 e. The number of allylic oxidation sites excluding steroid dienone is 2. The molecule has 0 spiro atoms. The van der Waals surface area contributed by atoms with E-state index in [2.05, 4.69) is 32.9 Å². The van der Waals surface area contributed by atoms with Gasteiger partial charge in [0.05, 0.1) is 3.92 Å². The van der Waals surface area contributed by atoms with Gasteiger partial charge in [-0.25, -0.2) is 0 Å². The van der Waals surface area contributed by atoms with E-state index in [1.807, 2.05) is 22.6 Å². The molecule has 0 heterocycles. The highest BCUT2D eigenvalue weighted by atomic mass is 127. The number of carbonyl (C=O) groups is 3. The number of hydrogen-bond donors (Lipinski definition) is 3. The third kappa shape index (κ3) is 33.8. The minimum Gasteiger partial charge on any atom is -0.382 e. The number of hydrogen-bond acceptors (Lipinski definition) is 6. The summed E-state index contributed by atoms with van der Waals surface area (Å²) in [6.45, 7) is 6.75. The van der Waals surface area contributed by atoms with Gasteiger partial charge in [-0.15, -0.1) is 0 Å². The molecule has 0 saturated carbocycles. The lowest BCUT2D eigenvalue weighted by molar-refractivity contribution is -0.181. The van der Waals surface area contributed by atoms with Crippen molar-refractivity contribution in [3.05, 3.63) is 12.2 Å². The zero-order valence-corrected chi connectivity index (χ0v) is 43.4. The molecule has 0 radical (unpaired) electrons. The van der Waals surface area contributed by atoms with E-state index in [9.17, 15) is 29.7 Å². The summed E-state index contributed by atoms with van der Waals surface area (Å²) in [5.74, 6) is -2.15. The Morgan fingerprint density at radius 1 is 0.419 bits per heavy atom. The molecule has 0 aromatic heterocycles. The minimum atomic E-state index is -2.83. The van der Waals surface area contributed by atoms with Gasteiger partial charge < -0.3 is 15.3 Å². The van der Waals surface area contributed by atoms with Crippen LogP contribution in [0.15, 0.2) is 12.2 Å². The predicted molar refractivity (Wildman–Crippen MR) is 274 cm³/mol. The van der Waals surface area contributed by atoms with Gasteiger partial charge in [-0.2, -0.15) is 0 Å². The Morgan fingerprint density at radius 2 is 0.710 bits per heavy atom. The van der Waals surface area contributed by atoms with E-state index in [0.717, 1.165) is 77.0 Å². The van der Waals surface area contributed by atoms with Gasteiger partial charge in [-0.1, -0.05) is 274 Å². The lowest BCUT2D eigenvalue weighted by Gasteiger charge is -2.35. The Balaban J connectivity index is 4.89.